The van der Waals surface area contributed by atoms with Crippen LogP contribution in [0.25, 0.3) is 0 Å². The fourth-order valence-electron chi connectivity index (χ4n) is 3.31. The summed E-state index contributed by atoms with van der Waals surface area (Å²) in [5.74, 6) is 2.06. The minimum atomic E-state index is -0.154. The second kappa shape index (κ2) is 9.98. The number of nitrogens with one attached hydrogen (secondary N) is 1. The van der Waals surface area contributed by atoms with Crippen molar-refractivity contribution < 1.29 is 9.53 Å². The predicted molar refractivity (Wildman–Crippen MR) is 119 cm³/mol. The van der Waals surface area contributed by atoms with Crippen LogP contribution in [0.2, 0.25) is 0 Å². The summed E-state index contributed by atoms with van der Waals surface area (Å²) in [5.41, 5.74) is 2.53. The van der Waals surface area contributed by atoms with Crippen LogP contribution in [0.1, 0.15) is 24.0 Å². The van der Waals surface area contributed by atoms with Gasteiger partial charge in [0.05, 0.1) is 24.6 Å². The molecule has 158 valence electrons. The van der Waals surface area contributed by atoms with Gasteiger partial charge in [-0.05, 0) is 39.0 Å². The van der Waals surface area contributed by atoms with E-state index in [1.807, 2.05) is 37.5 Å². The van der Waals surface area contributed by atoms with Crippen molar-refractivity contribution in [2.75, 3.05) is 36.5 Å². The van der Waals surface area contributed by atoms with Crippen molar-refractivity contribution in [1.82, 2.24) is 14.5 Å². The largest absolute Gasteiger partial charge is 0.378 e. The lowest BCUT2D eigenvalue weighted by Crippen LogP contribution is -2.37. The number of nitrogens with zero attached hydrogens (tertiary/aromatic N) is 5. The van der Waals surface area contributed by atoms with Crippen LogP contribution in [0.15, 0.2) is 48.3 Å². The molecule has 0 radical (unpaired) electrons. The Morgan fingerprint density at radius 3 is 2.73 bits per heavy atom. The number of hydrogen-bond donors (Lipinski definition) is 1. The first-order valence-corrected chi connectivity index (χ1v) is 9.97. The molecular formula is C22H28N6O2. The zero-order chi connectivity index (χ0) is 21.5. The van der Waals surface area contributed by atoms with Crippen LogP contribution in [0.3, 0.4) is 0 Å². The van der Waals surface area contributed by atoms with Gasteiger partial charge in [0.1, 0.15) is 24.0 Å². The van der Waals surface area contributed by atoms with Gasteiger partial charge in [-0.25, -0.2) is 9.97 Å². The number of ether oxygens (including phenoxy) is 1. The van der Waals surface area contributed by atoms with Crippen LogP contribution in [0.5, 0.6) is 0 Å². The molecule has 1 aliphatic heterocycles. The zero-order valence-electron chi connectivity index (χ0n) is 17.8. The van der Waals surface area contributed by atoms with E-state index in [0.717, 1.165) is 41.7 Å². The Bertz CT molecular complexity index is 953. The van der Waals surface area contributed by atoms with Crippen LogP contribution in [-0.2, 0) is 16.1 Å². The topological polar surface area (TPSA) is 84.6 Å². The number of morpholine rings is 1. The standard InChI is InChI=1S/C22H28N6O2/c1-5-9-23-19(6-2)18-7-8-20(24-14-18)26-21(29)15-28-16(3)22(25-17(28)4)27-10-12-30-13-11-27/h5-9,14H,2,10-13,15H2,1,3-4H3,(H,24,26,29)/b9-5-,23-19+. The molecule has 1 fully saturated rings. The number of imidazole rings is 1. The highest BCUT2D eigenvalue weighted by molar-refractivity contribution is 6.08. The van der Waals surface area contributed by atoms with E-state index in [1.54, 1.807) is 24.5 Å². The molecule has 8 heteroatoms. The molecular weight excluding hydrogens is 380 g/mol. The summed E-state index contributed by atoms with van der Waals surface area (Å²) < 4.78 is 7.34. The quantitative estimate of drug-likeness (QED) is 0.712. The van der Waals surface area contributed by atoms with Gasteiger partial charge in [-0.15, -0.1) is 0 Å². The molecule has 1 amide bonds. The average Bonchev–Trinajstić information content (AvgIpc) is 3.04. The van der Waals surface area contributed by atoms with Gasteiger partial charge in [-0.1, -0.05) is 12.7 Å². The number of anilines is 2. The number of aryl methyl sites for hydroxylation is 1. The van der Waals surface area contributed by atoms with Crippen LogP contribution >= 0.6 is 0 Å². The van der Waals surface area contributed by atoms with Crippen LogP contribution < -0.4 is 10.2 Å². The maximum absolute atomic E-state index is 12.6. The van der Waals surface area contributed by atoms with Gasteiger partial charge < -0.3 is 19.5 Å². The highest BCUT2D eigenvalue weighted by Crippen LogP contribution is 2.21. The smallest absolute Gasteiger partial charge is 0.245 e. The fourth-order valence-corrected chi connectivity index (χ4v) is 3.31. The van der Waals surface area contributed by atoms with E-state index in [1.165, 1.54) is 0 Å². The third kappa shape index (κ3) is 5.01. The number of amides is 1. The zero-order valence-corrected chi connectivity index (χ0v) is 17.8. The van der Waals surface area contributed by atoms with Crippen molar-refractivity contribution in [3.63, 3.8) is 0 Å². The number of allylic oxidation sites excluding steroid dienone is 2. The molecule has 8 nitrogen and oxygen atoms in total. The molecule has 1 saturated heterocycles. The lowest BCUT2D eigenvalue weighted by atomic mass is 10.2. The molecule has 0 aromatic carbocycles. The maximum atomic E-state index is 12.6. The molecule has 2 aromatic heterocycles. The first-order valence-electron chi connectivity index (χ1n) is 9.97. The third-order valence-corrected chi connectivity index (χ3v) is 4.88. The Kier molecular flexibility index (Phi) is 7.13. The van der Waals surface area contributed by atoms with E-state index in [2.05, 4.69) is 31.8 Å². The average molecular weight is 409 g/mol. The Morgan fingerprint density at radius 1 is 1.33 bits per heavy atom. The summed E-state index contributed by atoms with van der Waals surface area (Å²) in [6.07, 6.45) is 6.89. The summed E-state index contributed by atoms with van der Waals surface area (Å²) >= 11 is 0. The molecule has 0 saturated carbocycles. The van der Waals surface area contributed by atoms with Crippen molar-refractivity contribution in [1.29, 1.82) is 0 Å². The van der Waals surface area contributed by atoms with Gasteiger partial charge in [-0.2, -0.15) is 0 Å². The van der Waals surface area contributed by atoms with E-state index in [4.69, 9.17) is 4.74 Å². The highest BCUT2D eigenvalue weighted by Gasteiger charge is 2.20. The van der Waals surface area contributed by atoms with Crippen molar-refractivity contribution in [3.05, 3.63) is 60.3 Å². The Hall–Kier alpha value is -3.26. The number of rotatable bonds is 7. The lowest BCUT2D eigenvalue weighted by molar-refractivity contribution is -0.116. The van der Waals surface area contributed by atoms with Crippen LogP contribution in [-0.4, -0.2) is 52.5 Å². The van der Waals surface area contributed by atoms with Crippen molar-refractivity contribution in [3.8, 4) is 0 Å². The van der Waals surface area contributed by atoms with Gasteiger partial charge in [0.15, 0.2) is 0 Å². The van der Waals surface area contributed by atoms with E-state index in [9.17, 15) is 4.79 Å². The normalized spacial score (nSPS) is 14.9. The summed E-state index contributed by atoms with van der Waals surface area (Å²) in [6.45, 7) is 12.8. The highest BCUT2D eigenvalue weighted by atomic mass is 16.5. The molecule has 0 spiro atoms. The van der Waals surface area contributed by atoms with E-state index < -0.39 is 0 Å². The minimum absolute atomic E-state index is 0.154. The van der Waals surface area contributed by atoms with Crippen LogP contribution in [0, 0.1) is 13.8 Å². The van der Waals surface area contributed by atoms with Crippen LogP contribution in [0.4, 0.5) is 11.6 Å². The van der Waals surface area contributed by atoms with Gasteiger partial charge in [0.2, 0.25) is 5.91 Å². The minimum Gasteiger partial charge on any atom is -0.378 e. The molecule has 0 atom stereocenters. The summed E-state index contributed by atoms with van der Waals surface area (Å²) in [4.78, 5) is 28.1. The molecule has 0 aliphatic carbocycles. The van der Waals surface area contributed by atoms with E-state index in [0.29, 0.717) is 19.0 Å². The first-order chi connectivity index (χ1) is 14.5. The van der Waals surface area contributed by atoms with Crippen molar-refractivity contribution in [2.24, 2.45) is 4.99 Å². The second-order valence-corrected chi connectivity index (χ2v) is 6.93. The maximum Gasteiger partial charge on any atom is 0.245 e. The third-order valence-electron chi connectivity index (χ3n) is 4.88. The van der Waals surface area contributed by atoms with Gasteiger partial charge in [-0.3, -0.25) is 9.79 Å². The molecule has 3 heterocycles. The monoisotopic (exact) mass is 408 g/mol. The second-order valence-electron chi connectivity index (χ2n) is 6.93. The van der Waals surface area contributed by atoms with Gasteiger partial charge in [0, 0.05) is 31.0 Å². The molecule has 2 aromatic rings. The SMILES string of the molecule is C=C/C(=N\C=C/C)c1ccc(NC(=O)Cn2c(C)nc(N3CCOCC3)c2C)nc1. The van der Waals surface area contributed by atoms with Gasteiger partial charge >= 0.3 is 0 Å². The summed E-state index contributed by atoms with van der Waals surface area (Å²) in [5, 5.41) is 2.85. The Labute approximate surface area is 177 Å². The molecule has 3 rings (SSSR count). The number of carbonyl (C=O) groups is 1. The number of hydrogen-bond acceptors (Lipinski definition) is 6. The Morgan fingerprint density at radius 2 is 2.10 bits per heavy atom. The van der Waals surface area contributed by atoms with Crippen molar-refractivity contribution in [2.45, 2.75) is 27.3 Å². The molecule has 1 N–H and O–H groups in total. The predicted octanol–water partition coefficient (Wildman–Crippen LogP) is 2.88. The summed E-state index contributed by atoms with van der Waals surface area (Å²) in [7, 11) is 0. The number of aliphatic imine (C=N–C) groups is 1. The summed E-state index contributed by atoms with van der Waals surface area (Å²) in [6, 6.07) is 3.62. The molecule has 30 heavy (non-hydrogen) atoms. The fraction of sp³-hybridized carbons (Fsp3) is 0.364. The number of aromatic nitrogens is 3. The lowest BCUT2D eigenvalue weighted by Gasteiger charge is -2.27. The van der Waals surface area contributed by atoms with Gasteiger partial charge in [0.25, 0.3) is 0 Å². The first kappa shape index (κ1) is 21.4. The molecule has 1 aliphatic rings. The molecule has 0 unspecified atom stereocenters. The number of pyridine rings is 1. The van der Waals surface area contributed by atoms with E-state index in [-0.39, 0.29) is 12.5 Å². The number of carbonyl (C=O) groups excluding carboxylic acids is 1. The van der Waals surface area contributed by atoms with E-state index >= 15 is 0 Å². The molecule has 0 bridgehead atoms. The Balaban J connectivity index is 1.67. The van der Waals surface area contributed by atoms with Crippen molar-refractivity contribution >= 4 is 23.3 Å².